The van der Waals surface area contributed by atoms with Crippen molar-refractivity contribution >= 4 is 17.5 Å². The van der Waals surface area contributed by atoms with Crippen LogP contribution in [0.3, 0.4) is 0 Å². The van der Waals surface area contributed by atoms with Crippen LogP contribution in [0.5, 0.6) is 5.75 Å². The zero-order valence-corrected chi connectivity index (χ0v) is 17.1. The summed E-state index contributed by atoms with van der Waals surface area (Å²) in [4.78, 5) is 28.8. The lowest BCUT2D eigenvalue weighted by Crippen LogP contribution is -2.38. The van der Waals surface area contributed by atoms with Gasteiger partial charge in [-0.25, -0.2) is 9.18 Å². The second-order valence-corrected chi connectivity index (χ2v) is 7.83. The molecule has 1 N–H and O–H groups in total. The molecule has 2 amide bonds. The minimum atomic E-state index is -0.432. The minimum Gasteiger partial charge on any atom is -0.496 e. The molecule has 6 nitrogen and oxygen atoms in total. The molecule has 0 saturated carbocycles. The van der Waals surface area contributed by atoms with Crippen molar-refractivity contribution in [3.8, 4) is 5.75 Å². The van der Waals surface area contributed by atoms with E-state index in [-0.39, 0.29) is 17.7 Å². The van der Waals surface area contributed by atoms with Gasteiger partial charge >= 0.3 is 6.03 Å². The molecular weight excluding hydrogens is 385 g/mol. The van der Waals surface area contributed by atoms with E-state index in [4.69, 9.17) is 4.74 Å². The van der Waals surface area contributed by atoms with Gasteiger partial charge in [-0.05, 0) is 55.3 Å². The highest BCUT2D eigenvalue weighted by molar-refractivity contribution is 6.00. The second kappa shape index (κ2) is 8.83. The van der Waals surface area contributed by atoms with E-state index in [9.17, 15) is 14.0 Å². The molecule has 158 valence electrons. The molecule has 2 aromatic carbocycles. The first-order valence-corrected chi connectivity index (χ1v) is 10.3. The van der Waals surface area contributed by atoms with Crippen molar-refractivity contribution < 1.29 is 18.7 Å². The van der Waals surface area contributed by atoms with Gasteiger partial charge in [-0.2, -0.15) is 0 Å². The van der Waals surface area contributed by atoms with Crippen LogP contribution in [0.25, 0.3) is 0 Å². The smallest absolute Gasteiger partial charge is 0.321 e. The third-order valence-electron chi connectivity index (χ3n) is 5.81. The molecule has 2 saturated heterocycles. The summed E-state index contributed by atoms with van der Waals surface area (Å²) in [6.45, 7) is 3.63. The quantitative estimate of drug-likeness (QED) is 0.740. The summed E-state index contributed by atoms with van der Waals surface area (Å²) in [6, 6.07) is 12.0. The van der Waals surface area contributed by atoms with Crippen LogP contribution in [0.15, 0.2) is 42.5 Å². The van der Waals surface area contributed by atoms with Crippen LogP contribution >= 0.6 is 0 Å². The highest BCUT2D eigenvalue weighted by Gasteiger charge is 2.29. The Morgan fingerprint density at radius 1 is 1.20 bits per heavy atom. The van der Waals surface area contributed by atoms with E-state index in [0.717, 1.165) is 37.2 Å². The maximum atomic E-state index is 13.7. The van der Waals surface area contributed by atoms with E-state index >= 15 is 0 Å². The van der Waals surface area contributed by atoms with Gasteiger partial charge in [0.2, 0.25) is 0 Å². The van der Waals surface area contributed by atoms with Crippen LogP contribution in [0.4, 0.5) is 14.9 Å². The number of likely N-dealkylation sites (tertiary alicyclic amines) is 1. The van der Waals surface area contributed by atoms with E-state index in [1.807, 2.05) is 24.3 Å². The predicted octanol–water partition coefficient (Wildman–Crippen LogP) is 3.46. The van der Waals surface area contributed by atoms with Crippen molar-refractivity contribution in [3.63, 3.8) is 0 Å². The lowest BCUT2D eigenvalue weighted by Gasteiger charge is -2.32. The van der Waals surface area contributed by atoms with Gasteiger partial charge in [0.15, 0.2) is 5.78 Å². The topological polar surface area (TPSA) is 61.9 Å². The van der Waals surface area contributed by atoms with E-state index in [1.54, 1.807) is 4.90 Å². The Morgan fingerprint density at radius 3 is 2.70 bits per heavy atom. The molecule has 2 aromatic rings. The Morgan fingerprint density at radius 2 is 2.00 bits per heavy atom. The Labute approximate surface area is 175 Å². The van der Waals surface area contributed by atoms with Gasteiger partial charge in [0.1, 0.15) is 11.6 Å². The van der Waals surface area contributed by atoms with Gasteiger partial charge in [0.25, 0.3) is 0 Å². The van der Waals surface area contributed by atoms with Gasteiger partial charge in [0, 0.05) is 37.8 Å². The number of halogens is 1. The van der Waals surface area contributed by atoms with Gasteiger partial charge in [0.05, 0.1) is 12.7 Å². The normalized spacial score (nSPS) is 19.6. The third-order valence-corrected chi connectivity index (χ3v) is 5.81. The van der Waals surface area contributed by atoms with Gasteiger partial charge < -0.3 is 10.1 Å². The van der Waals surface area contributed by atoms with Gasteiger partial charge in [-0.3, -0.25) is 14.6 Å². The number of hydrogen-bond acceptors (Lipinski definition) is 4. The number of piperidine rings is 1. The average Bonchev–Trinajstić information content (AvgIpc) is 3.20. The number of Topliss-reactive ketones (excluding diaryl/α,β-unsaturated/α-hetero) is 1. The molecule has 0 spiro atoms. The Balaban J connectivity index is 1.41. The van der Waals surface area contributed by atoms with Crippen molar-refractivity contribution in [3.05, 3.63) is 59.4 Å². The first-order chi connectivity index (χ1) is 14.5. The van der Waals surface area contributed by atoms with Crippen molar-refractivity contribution in [2.75, 3.05) is 38.2 Å². The summed E-state index contributed by atoms with van der Waals surface area (Å²) in [5, 5.41) is 2.80. The first kappa shape index (κ1) is 20.3. The molecule has 1 atom stereocenters. The number of carbonyl (C=O) groups is 2. The van der Waals surface area contributed by atoms with Crippen LogP contribution in [-0.4, -0.2) is 50.0 Å². The number of nitrogens with one attached hydrogen (secondary N) is 1. The van der Waals surface area contributed by atoms with E-state index < -0.39 is 5.82 Å². The fraction of sp³-hybridized carbons (Fsp3) is 0.391. The van der Waals surface area contributed by atoms with Crippen LogP contribution in [0.1, 0.15) is 28.8 Å². The summed E-state index contributed by atoms with van der Waals surface area (Å²) < 4.78 is 19.0. The molecule has 4 rings (SSSR count). The van der Waals surface area contributed by atoms with Crippen LogP contribution in [-0.2, 0) is 6.54 Å². The van der Waals surface area contributed by atoms with Crippen LogP contribution in [0, 0.1) is 11.7 Å². The van der Waals surface area contributed by atoms with Crippen molar-refractivity contribution in [1.82, 2.24) is 10.2 Å². The maximum Gasteiger partial charge on any atom is 0.321 e. The standard InChI is InChI=1S/C23H26FN3O3/c1-30-21-9-6-18(24)13-20(21)22(28)17-3-2-11-26(15-17)14-16-4-7-19(8-5-16)27-12-10-25-23(27)29/h4-9,13,17H,2-3,10-12,14-15H2,1H3,(H,25,29). The van der Waals surface area contributed by atoms with Crippen LogP contribution in [0.2, 0.25) is 0 Å². The maximum absolute atomic E-state index is 13.7. The second-order valence-electron chi connectivity index (χ2n) is 7.83. The Kier molecular flexibility index (Phi) is 5.99. The number of hydrogen-bond donors (Lipinski definition) is 1. The van der Waals surface area contributed by atoms with Crippen LogP contribution < -0.4 is 15.0 Å². The SMILES string of the molecule is COc1ccc(F)cc1C(=O)C1CCCN(Cc2ccc(N3CCNC3=O)cc2)C1. The molecular formula is C23H26FN3O3. The molecule has 1 unspecified atom stereocenters. The number of methoxy groups -OCH3 is 1. The predicted molar refractivity (Wildman–Crippen MR) is 112 cm³/mol. The zero-order valence-electron chi connectivity index (χ0n) is 17.1. The van der Waals surface area contributed by atoms with Crippen molar-refractivity contribution in [2.45, 2.75) is 19.4 Å². The number of anilines is 1. The summed E-state index contributed by atoms with van der Waals surface area (Å²) >= 11 is 0. The van der Waals surface area contributed by atoms with E-state index in [1.165, 1.54) is 25.3 Å². The number of carbonyl (C=O) groups excluding carboxylic acids is 2. The fourth-order valence-corrected chi connectivity index (χ4v) is 4.26. The monoisotopic (exact) mass is 411 g/mol. The summed E-state index contributed by atoms with van der Waals surface area (Å²) in [6.07, 6.45) is 1.71. The average molecular weight is 411 g/mol. The van der Waals surface area contributed by atoms with Crippen molar-refractivity contribution in [1.29, 1.82) is 0 Å². The largest absolute Gasteiger partial charge is 0.496 e. The number of benzene rings is 2. The highest BCUT2D eigenvalue weighted by Crippen LogP contribution is 2.28. The van der Waals surface area contributed by atoms with E-state index in [0.29, 0.717) is 30.9 Å². The Hall–Kier alpha value is -2.93. The lowest BCUT2D eigenvalue weighted by molar-refractivity contribution is 0.0808. The molecule has 30 heavy (non-hydrogen) atoms. The molecule has 0 radical (unpaired) electrons. The molecule has 0 aromatic heterocycles. The number of ketones is 1. The minimum absolute atomic E-state index is 0.0621. The number of rotatable bonds is 6. The number of nitrogens with zero attached hydrogens (tertiary/aromatic N) is 2. The van der Waals surface area contributed by atoms with Gasteiger partial charge in [-0.1, -0.05) is 12.1 Å². The third kappa shape index (κ3) is 4.31. The lowest BCUT2D eigenvalue weighted by atomic mass is 9.89. The molecule has 2 aliphatic heterocycles. The molecule has 2 fully saturated rings. The number of urea groups is 1. The summed E-state index contributed by atoms with van der Waals surface area (Å²) in [5.41, 5.74) is 2.34. The Bertz CT molecular complexity index is 932. The molecule has 2 heterocycles. The highest BCUT2D eigenvalue weighted by atomic mass is 19.1. The van der Waals surface area contributed by atoms with Gasteiger partial charge in [-0.15, -0.1) is 0 Å². The molecule has 7 heteroatoms. The fourth-order valence-electron chi connectivity index (χ4n) is 4.26. The summed E-state index contributed by atoms with van der Waals surface area (Å²) in [7, 11) is 1.49. The van der Waals surface area contributed by atoms with Crippen molar-refractivity contribution in [2.24, 2.45) is 5.92 Å². The molecule has 0 bridgehead atoms. The first-order valence-electron chi connectivity index (χ1n) is 10.3. The molecule has 0 aliphatic carbocycles. The number of ether oxygens (including phenoxy) is 1. The number of amides is 2. The van der Waals surface area contributed by atoms with E-state index in [2.05, 4.69) is 10.2 Å². The summed E-state index contributed by atoms with van der Waals surface area (Å²) in [5.74, 6) is -0.257. The molecule has 2 aliphatic rings. The zero-order chi connectivity index (χ0) is 21.1.